The molecule has 0 radical (unpaired) electrons. The number of rotatable bonds is 9. The van der Waals surface area contributed by atoms with E-state index in [1.165, 1.54) is 41.4 Å². The van der Waals surface area contributed by atoms with Gasteiger partial charge >= 0.3 is 0 Å². The Morgan fingerprint density at radius 2 is 1.83 bits per heavy atom. The third-order valence-electron chi connectivity index (χ3n) is 5.39. The number of fused-ring (bicyclic) bond motifs is 1. The van der Waals surface area contributed by atoms with Crippen molar-refractivity contribution in [1.82, 2.24) is 20.2 Å². The first kappa shape index (κ1) is 23.5. The molecule has 0 aliphatic heterocycles. The Morgan fingerprint density at radius 3 is 2.69 bits per heavy atom. The maximum Gasteiger partial charge on any atom is 0.266 e. The number of nitrogens with zero attached hydrogens (tertiary/aromatic N) is 4. The Balaban J connectivity index is 1.42. The van der Waals surface area contributed by atoms with Crippen LogP contribution in [0, 0.1) is 0 Å². The highest BCUT2D eigenvalue weighted by Crippen LogP contribution is 2.31. The van der Waals surface area contributed by atoms with Crippen molar-refractivity contribution < 1.29 is 13.9 Å². The molecule has 0 bridgehead atoms. The molecule has 0 aliphatic carbocycles. The van der Waals surface area contributed by atoms with E-state index in [2.05, 4.69) is 57.1 Å². The van der Waals surface area contributed by atoms with Crippen LogP contribution >= 0.6 is 11.8 Å². The first-order valence-electron chi connectivity index (χ1n) is 11.3. The highest BCUT2D eigenvalue weighted by atomic mass is 32.2. The zero-order valence-corrected chi connectivity index (χ0v) is 20.3. The van der Waals surface area contributed by atoms with Gasteiger partial charge in [-0.05, 0) is 52.4 Å². The predicted octanol–water partition coefficient (Wildman–Crippen LogP) is 4.85. The Morgan fingerprint density at radius 1 is 1.03 bits per heavy atom. The number of hydrogen-bond donors (Lipinski definition) is 1. The van der Waals surface area contributed by atoms with E-state index in [0.29, 0.717) is 22.4 Å². The molecule has 0 fully saturated rings. The van der Waals surface area contributed by atoms with Gasteiger partial charge in [-0.1, -0.05) is 60.7 Å². The van der Waals surface area contributed by atoms with Gasteiger partial charge in [0.2, 0.25) is 5.16 Å². The molecule has 8 nitrogen and oxygen atoms in total. The number of para-hydroxylation sites is 1. The second kappa shape index (κ2) is 11.0. The van der Waals surface area contributed by atoms with E-state index in [9.17, 15) is 4.79 Å². The molecule has 36 heavy (non-hydrogen) atoms. The summed E-state index contributed by atoms with van der Waals surface area (Å²) in [5.41, 5.74) is 4.52. The molecule has 5 rings (SSSR count). The normalized spacial score (nSPS) is 11.4. The summed E-state index contributed by atoms with van der Waals surface area (Å²) in [7, 11) is 1.45. The summed E-state index contributed by atoms with van der Waals surface area (Å²) >= 11 is 1.37. The molecule has 0 aliphatic rings. The number of hydrogen-bond acceptors (Lipinski definition) is 7. The average molecular weight is 498 g/mol. The standard InChI is InChI=1S/C27H23N5O3S/c1-34-18-25(33)30-28-17-22-14-15-26(35-22)36-27-31-29-24(32(27)21-11-3-2-4-12-21)16-20-10-7-9-19-8-5-6-13-23(19)20/h2-15,17H,16,18H2,1H3,(H,30,33)/b28-17-. The minimum atomic E-state index is -0.343. The van der Waals surface area contributed by atoms with Crippen molar-refractivity contribution >= 4 is 34.7 Å². The Hall–Kier alpha value is -4.21. The topological polar surface area (TPSA) is 94.5 Å². The summed E-state index contributed by atoms with van der Waals surface area (Å²) in [6, 6.07) is 28.3. The number of hydrazone groups is 1. The van der Waals surface area contributed by atoms with Gasteiger partial charge in [-0.3, -0.25) is 9.36 Å². The van der Waals surface area contributed by atoms with Crippen LogP contribution in [0.15, 0.2) is 105 Å². The SMILES string of the molecule is COCC(=O)N/N=C\c1ccc(Sc2nnc(Cc3cccc4ccccc34)n2-c2ccccc2)o1. The molecule has 0 atom stereocenters. The summed E-state index contributed by atoms with van der Waals surface area (Å²) in [6.45, 7) is -0.0626. The largest absolute Gasteiger partial charge is 0.448 e. The molecular weight excluding hydrogens is 474 g/mol. The Labute approximate surface area is 212 Å². The van der Waals surface area contributed by atoms with Crippen LogP contribution in [0.1, 0.15) is 17.1 Å². The lowest BCUT2D eigenvalue weighted by molar-refractivity contribution is -0.124. The van der Waals surface area contributed by atoms with Gasteiger partial charge in [-0.25, -0.2) is 5.43 Å². The van der Waals surface area contributed by atoms with Gasteiger partial charge in [-0.2, -0.15) is 5.10 Å². The monoisotopic (exact) mass is 497 g/mol. The molecule has 0 saturated carbocycles. The lowest BCUT2D eigenvalue weighted by Gasteiger charge is -2.11. The number of aromatic nitrogens is 3. The Bertz CT molecular complexity index is 1510. The molecule has 1 N–H and O–H groups in total. The van der Waals surface area contributed by atoms with Crippen LogP contribution in [0.3, 0.4) is 0 Å². The average Bonchev–Trinajstić information content (AvgIpc) is 3.52. The van der Waals surface area contributed by atoms with Crippen molar-refractivity contribution in [3.05, 3.63) is 102 Å². The third kappa shape index (κ3) is 5.37. The van der Waals surface area contributed by atoms with E-state index >= 15 is 0 Å². The molecule has 1 amide bonds. The number of ether oxygens (including phenoxy) is 1. The van der Waals surface area contributed by atoms with Gasteiger partial charge in [0.05, 0.1) is 6.21 Å². The molecule has 2 aromatic heterocycles. The van der Waals surface area contributed by atoms with Gasteiger partial charge in [0.15, 0.2) is 5.09 Å². The van der Waals surface area contributed by atoms with Gasteiger partial charge in [-0.15, -0.1) is 10.2 Å². The molecule has 0 spiro atoms. The smallest absolute Gasteiger partial charge is 0.266 e. The fourth-order valence-electron chi connectivity index (χ4n) is 3.81. The second-order valence-electron chi connectivity index (χ2n) is 7.87. The predicted molar refractivity (Wildman–Crippen MR) is 139 cm³/mol. The Kier molecular flexibility index (Phi) is 7.20. The van der Waals surface area contributed by atoms with Gasteiger partial charge in [0, 0.05) is 19.2 Å². The summed E-state index contributed by atoms with van der Waals surface area (Å²) in [4.78, 5) is 11.5. The number of carbonyl (C=O) groups is 1. The van der Waals surface area contributed by atoms with Gasteiger partial charge in [0.25, 0.3) is 5.91 Å². The second-order valence-corrected chi connectivity index (χ2v) is 8.84. The van der Waals surface area contributed by atoms with Gasteiger partial charge in [0.1, 0.15) is 18.2 Å². The number of amides is 1. The summed E-state index contributed by atoms with van der Waals surface area (Å²) < 4.78 is 12.7. The van der Waals surface area contributed by atoms with Crippen molar-refractivity contribution in [2.75, 3.05) is 13.7 Å². The number of benzene rings is 3. The first-order chi connectivity index (χ1) is 17.7. The summed E-state index contributed by atoms with van der Waals surface area (Å²) in [5, 5.41) is 16.6. The van der Waals surface area contributed by atoms with Crippen molar-refractivity contribution in [2.45, 2.75) is 16.7 Å². The molecule has 5 aromatic rings. The van der Waals surface area contributed by atoms with Crippen LogP contribution in [-0.4, -0.2) is 40.6 Å². The van der Waals surface area contributed by atoms with Crippen molar-refractivity contribution in [3.63, 3.8) is 0 Å². The maximum atomic E-state index is 11.5. The molecule has 180 valence electrons. The minimum absolute atomic E-state index is 0.0626. The maximum absolute atomic E-state index is 11.5. The van der Waals surface area contributed by atoms with E-state index in [1.54, 1.807) is 6.07 Å². The molecular formula is C27H23N5O3S. The third-order valence-corrected chi connectivity index (χ3v) is 6.26. The van der Waals surface area contributed by atoms with Crippen LogP contribution in [0.25, 0.3) is 16.5 Å². The molecule has 9 heteroatoms. The van der Waals surface area contributed by atoms with E-state index in [-0.39, 0.29) is 12.5 Å². The van der Waals surface area contributed by atoms with Crippen LogP contribution in [0.2, 0.25) is 0 Å². The quantitative estimate of drug-likeness (QED) is 0.231. The first-order valence-corrected chi connectivity index (χ1v) is 12.1. The molecule has 2 heterocycles. The molecule has 3 aromatic carbocycles. The van der Waals surface area contributed by atoms with Crippen LogP contribution in [-0.2, 0) is 16.0 Å². The van der Waals surface area contributed by atoms with E-state index < -0.39 is 0 Å². The minimum Gasteiger partial charge on any atom is -0.448 e. The van der Waals surface area contributed by atoms with E-state index in [0.717, 1.165) is 11.5 Å². The zero-order chi connectivity index (χ0) is 24.7. The lowest BCUT2D eigenvalue weighted by Crippen LogP contribution is -2.22. The van der Waals surface area contributed by atoms with E-state index in [1.807, 2.05) is 47.0 Å². The van der Waals surface area contributed by atoms with Gasteiger partial charge < -0.3 is 9.15 Å². The van der Waals surface area contributed by atoms with Crippen molar-refractivity contribution in [2.24, 2.45) is 5.10 Å². The van der Waals surface area contributed by atoms with Crippen LogP contribution in [0.4, 0.5) is 0 Å². The van der Waals surface area contributed by atoms with Crippen molar-refractivity contribution in [1.29, 1.82) is 0 Å². The lowest BCUT2D eigenvalue weighted by atomic mass is 10.0. The summed E-state index contributed by atoms with van der Waals surface area (Å²) in [5.74, 6) is 0.982. The number of methoxy groups -OCH3 is 1. The van der Waals surface area contributed by atoms with Crippen LogP contribution < -0.4 is 5.43 Å². The fourth-order valence-corrected chi connectivity index (χ4v) is 4.65. The number of nitrogens with one attached hydrogen (secondary N) is 1. The molecule has 0 unspecified atom stereocenters. The number of carbonyl (C=O) groups excluding carboxylic acids is 1. The highest BCUT2D eigenvalue weighted by Gasteiger charge is 2.18. The fraction of sp³-hybridized carbons (Fsp3) is 0.111. The zero-order valence-electron chi connectivity index (χ0n) is 19.5. The molecule has 0 saturated heterocycles. The summed E-state index contributed by atoms with van der Waals surface area (Å²) in [6.07, 6.45) is 2.06. The van der Waals surface area contributed by atoms with Crippen LogP contribution in [0.5, 0.6) is 0 Å². The highest BCUT2D eigenvalue weighted by molar-refractivity contribution is 7.99. The van der Waals surface area contributed by atoms with Crippen molar-refractivity contribution in [3.8, 4) is 5.69 Å². The van der Waals surface area contributed by atoms with E-state index in [4.69, 9.17) is 9.15 Å². The number of furan rings is 1.